The van der Waals surface area contributed by atoms with Crippen molar-refractivity contribution < 1.29 is 0 Å². The van der Waals surface area contributed by atoms with Crippen LogP contribution in [0.25, 0.3) is 0 Å². The van der Waals surface area contributed by atoms with Crippen LogP contribution in [0.4, 0.5) is 0 Å². The maximum Gasteiger partial charge on any atom is 0.155 e. The van der Waals surface area contributed by atoms with Crippen LogP contribution >= 0.6 is 0 Å². The second-order valence-electron chi connectivity index (χ2n) is 10.1. The third-order valence-corrected chi connectivity index (χ3v) is 13.3. The lowest BCUT2D eigenvalue weighted by Gasteiger charge is -2.43. The molecule has 0 amide bonds. The van der Waals surface area contributed by atoms with E-state index in [2.05, 4.69) is 119 Å². The molecule has 5 rings (SSSR count). The van der Waals surface area contributed by atoms with Gasteiger partial charge >= 0.3 is 0 Å². The molecular weight excluding hydrogens is 400 g/mol. The van der Waals surface area contributed by atoms with E-state index >= 15 is 0 Å². The minimum atomic E-state index is -2.36. The number of hydrogen-bond acceptors (Lipinski definition) is 0. The smallest absolute Gasteiger partial charge is 0.0839 e. The summed E-state index contributed by atoms with van der Waals surface area (Å²) in [5.74, 6) is 1.37. The summed E-state index contributed by atoms with van der Waals surface area (Å²) in [4.78, 5) is 0. The molecule has 0 N–H and O–H groups in total. The standard InChI is InChI=1S/C31H34Si/c1-22-10-7-14-27(18-22)32(28-15-8-11-23(2)19-28,29-16-9-12-24(3)20-29)31-25(4)21-26-13-5-6-17-30(26)31/h5-12,14-20,25-26,31H,13,21H2,1-4H3. The molecular formula is C31H34Si. The Hall–Kier alpha value is -2.64. The van der Waals surface area contributed by atoms with E-state index in [1.165, 1.54) is 29.5 Å². The third kappa shape index (κ3) is 3.44. The quantitative estimate of drug-likeness (QED) is 0.349. The van der Waals surface area contributed by atoms with Gasteiger partial charge in [0, 0.05) is 0 Å². The van der Waals surface area contributed by atoms with Crippen LogP contribution in [0.15, 0.2) is 96.6 Å². The fourth-order valence-electron chi connectivity index (χ4n) is 6.58. The molecule has 0 aromatic heterocycles. The average molecular weight is 435 g/mol. The summed E-state index contributed by atoms with van der Waals surface area (Å²) in [6.07, 6.45) is 9.67. The molecule has 162 valence electrons. The molecule has 2 aliphatic rings. The van der Waals surface area contributed by atoms with E-state index in [9.17, 15) is 0 Å². The third-order valence-electron chi connectivity index (χ3n) is 7.79. The summed E-state index contributed by atoms with van der Waals surface area (Å²) in [5.41, 5.74) is 6.36. The van der Waals surface area contributed by atoms with Crippen LogP contribution in [0, 0.1) is 32.6 Å². The van der Waals surface area contributed by atoms with Gasteiger partial charge in [0.1, 0.15) is 0 Å². The highest BCUT2D eigenvalue weighted by Gasteiger charge is 2.54. The molecule has 3 aromatic rings. The largest absolute Gasteiger partial charge is 0.155 e. The van der Waals surface area contributed by atoms with Gasteiger partial charge in [-0.25, -0.2) is 0 Å². The first kappa shape index (κ1) is 21.2. The SMILES string of the molecule is Cc1cccc([Si](c2cccc(C)c2)(c2cccc(C)c2)C2C3=CC=CCC3CC2C)c1. The van der Waals surface area contributed by atoms with Crippen molar-refractivity contribution in [3.05, 3.63) is 113 Å². The zero-order valence-corrected chi connectivity index (χ0v) is 20.8. The summed E-state index contributed by atoms with van der Waals surface area (Å²) >= 11 is 0. The minimum Gasteiger partial charge on any atom is -0.0839 e. The predicted molar refractivity (Wildman–Crippen MR) is 141 cm³/mol. The molecule has 32 heavy (non-hydrogen) atoms. The lowest BCUT2D eigenvalue weighted by molar-refractivity contribution is 0.536. The van der Waals surface area contributed by atoms with Crippen molar-refractivity contribution in [2.24, 2.45) is 11.8 Å². The molecule has 0 heterocycles. The van der Waals surface area contributed by atoms with Crippen LogP contribution in [0.1, 0.15) is 36.5 Å². The van der Waals surface area contributed by atoms with Gasteiger partial charge in [0.15, 0.2) is 8.07 Å². The Kier molecular flexibility index (Phi) is 5.55. The second kappa shape index (κ2) is 8.37. The summed E-state index contributed by atoms with van der Waals surface area (Å²) in [6.45, 7) is 9.27. The number of aryl methyl sites for hydroxylation is 3. The van der Waals surface area contributed by atoms with Crippen molar-refractivity contribution in [1.82, 2.24) is 0 Å². The van der Waals surface area contributed by atoms with Crippen molar-refractivity contribution in [2.75, 3.05) is 0 Å². The first-order valence-electron chi connectivity index (χ1n) is 12.1. The fourth-order valence-corrected chi connectivity index (χ4v) is 12.9. The van der Waals surface area contributed by atoms with E-state index in [0.29, 0.717) is 17.4 Å². The summed E-state index contributed by atoms with van der Waals surface area (Å²) in [5, 5.41) is 4.67. The highest BCUT2D eigenvalue weighted by atomic mass is 28.3. The Labute approximate surface area is 194 Å². The Morgan fingerprint density at radius 2 is 1.22 bits per heavy atom. The van der Waals surface area contributed by atoms with Crippen LogP contribution in [-0.4, -0.2) is 8.07 Å². The van der Waals surface area contributed by atoms with Gasteiger partial charge < -0.3 is 0 Å². The molecule has 2 aliphatic carbocycles. The Morgan fingerprint density at radius 1 is 0.719 bits per heavy atom. The average Bonchev–Trinajstić information content (AvgIpc) is 3.11. The van der Waals surface area contributed by atoms with Crippen LogP contribution in [0.3, 0.4) is 0 Å². The van der Waals surface area contributed by atoms with Crippen molar-refractivity contribution in [3.63, 3.8) is 0 Å². The Morgan fingerprint density at radius 3 is 1.69 bits per heavy atom. The van der Waals surface area contributed by atoms with E-state index < -0.39 is 8.07 Å². The Bertz CT molecular complexity index is 1090. The van der Waals surface area contributed by atoms with Gasteiger partial charge in [-0.05, 0) is 66.6 Å². The lowest BCUT2D eigenvalue weighted by atomic mass is 9.94. The zero-order valence-electron chi connectivity index (χ0n) is 19.8. The van der Waals surface area contributed by atoms with Gasteiger partial charge in [-0.15, -0.1) is 0 Å². The van der Waals surface area contributed by atoms with E-state index in [4.69, 9.17) is 0 Å². The molecule has 1 saturated carbocycles. The van der Waals surface area contributed by atoms with Gasteiger partial charge in [-0.1, -0.05) is 120 Å². The number of fused-ring (bicyclic) bond motifs is 1. The molecule has 1 fully saturated rings. The molecule has 0 saturated heterocycles. The number of benzene rings is 3. The first-order chi connectivity index (χ1) is 15.5. The Balaban J connectivity index is 1.91. The van der Waals surface area contributed by atoms with Gasteiger partial charge in [0.05, 0.1) is 0 Å². The normalized spacial score (nSPS) is 22.5. The highest BCUT2D eigenvalue weighted by molar-refractivity contribution is 7.12. The summed E-state index contributed by atoms with van der Waals surface area (Å²) < 4.78 is 0. The van der Waals surface area contributed by atoms with Crippen molar-refractivity contribution in [3.8, 4) is 0 Å². The number of hydrogen-bond donors (Lipinski definition) is 0. The van der Waals surface area contributed by atoms with Crippen LogP contribution < -0.4 is 15.6 Å². The highest BCUT2D eigenvalue weighted by Crippen LogP contribution is 2.52. The maximum atomic E-state index is 2.52. The molecule has 3 unspecified atom stereocenters. The fraction of sp³-hybridized carbons (Fsp3) is 0.290. The second-order valence-corrected chi connectivity index (χ2v) is 14.1. The molecule has 1 heteroatoms. The molecule has 3 aromatic carbocycles. The number of allylic oxidation sites excluding steroid dienone is 4. The van der Waals surface area contributed by atoms with Gasteiger partial charge in [-0.2, -0.15) is 0 Å². The van der Waals surface area contributed by atoms with E-state index in [1.807, 2.05) is 0 Å². The van der Waals surface area contributed by atoms with Crippen molar-refractivity contribution in [1.29, 1.82) is 0 Å². The van der Waals surface area contributed by atoms with Crippen LogP contribution in [0.5, 0.6) is 0 Å². The predicted octanol–water partition coefficient (Wildman–Crippen LogP) is 5.99. The molecule has 0 bridgehead atoms. The monoisotopic (exact) mass is 434 g/mol. The van der Waals surface area contributed by atoms with Gasteiger partial charge in [0.25, 0.3) is 0 Å². The van der Waals surface area contributed by atoms with Gasteiger partial charge in [0.2, 0.25) is 0 Å². The minimum absolute atomic E-state index is 0.572. The zero-order chi connectivity index (χ0) is 22.3. The molecule has 0 spiro atoms. The molecule has 0 nitrogen and oxygen atoms in total. The number of rotatable bonds is 4. The van der Waals surface area contributed by atoms with E-state index in [0.717, 1.165) is 0 Å². The van der Waals surface area contributed by atoms with E-state index in [1.54, 1.807) is 21.1 Å². The van der Waals surface area contributed by atoms with Crippen LogP contribution in [0.2, 0.25) is 5.54 Å². The van der Waals surface area contributed by atoms with E-state index in [-0.39, 0.29) is 0 Å². The topological polar surface area (TPSA) is 0 Å². The molecule has 0 aliphatic heterocycles. The van der Waals surface area contributed by atoms with Crippen LogP contribution in [-0.2, 0) is 0 Å². The summed E-state index contributed by atoms with van der Waals surface area (Å²) in [6, 6.07) is 28.4. The summed E-state index contributed by atoms with van der Waals surface area (Å²) in [7, 11) is -2.36. The maximum absolute atomic E-state index is 2.52. The van der Waals surface area contributed by atoms with Crippen molar-refractivity contribution in [2.45, 2.75) is 46.1 Å². The molecule has 3 atom stereocenters. The van der Waals surface area contributed by atoms with Crippen molar-refractivity contribution >= 4 is 23.6 Å². The first-order valence-corrected chi connectivity index (χ1v) is 14.2. The lowest BCUT2D eigenvalue weighted by Crippen LogP contribution is -2.70. The molecule has 0 radical (unpaired) electrons. The van der Waals surface area contributed by atoms with Gasteiger partial charge in [-0.3, -0.25) is 0 Å².